The summed E-state index contributed by atoms with van der Waals surface area (Å²) in [5.41, 5.74) is 2.60. The Hall–Kier alpha value is -2.51. The Balaban J connectivity index is 1.65. The molecule has 1 aromatic heterocycles. The molecule has 2 aromatic carbocycles. The van der Waals surface area contributed by atoms with Gasteiger partial charge in [-0.3, -0.25) is 4.79 Å². The number of nitrogens with one attached hydrogen (secondary N) is 1. The van der Waals surface area contributed by atoms with Crippen LogP contribution in [0.15, 0.2) is 47.6 Å². The molecule has 1 amide bonds. The van der Waals surface area contributed by atoms with Crippen LogP contribution in [0.25, 0.3) is 11.4 Å². The summed E-state index contributed by atoms with van der Waals surface area (Å²) in [7, 11) is 3.50. The molecule has 0 bridgehead atoms. The molecule has 0 saturated carbocycles. The number of aryl methyl sites for hydroxylation is 1. The lowest BCUT2D eigenvalue weighted by Gasteiger charge is -2.09. The van der Waals surface area contributed by atoms with Crippen LogP contribution in [-0.2, 0) is 11.8 Å². The van der Waals surface area contributed by atoms with Gasteiger partial charge in [0.1, 0.15) is 5.75 Å². The van der Waals surface area contributed by atoms with E-state index >= 15 is 0 Å². The van der Waals surface area contributed by atoms with E-state index in [9.17, 15) is 4.79 Å². The maximum Gasteiger partial charge on any atom is 0.234 e. The van der Waals surface area contributed by atoms with Crippen LogP contribution >= 0.6 is 23.4 Å². The van der Waals surface area contributed by atoms with Gasteiger partial charge in [0.25, 0.3) is 0 Å². The van der Waals surface area contributed by atoms with Crippen LogP contribution in [0.4, 0.5) is 5.69 Å². The van der Waals surface area contributed by atoms with Crippen LogP contribution in [0.1, 0.15) is 5.56 Å². The number of methoxy groups -OCH3 is 1. The summed E-state index contributed by atoms with van der Waals surface area (Å²) >= 11 is 7.32. The maximum atomic E-state index is 12.3. The molecule has 140 valence electrons. The molecule has 3 aromatic rings. The average molecular weight is 403 g/mol. The molecule has 27 heavy (non-hydrogen) atoms. The fourth-order valence-corrected chi connectivity index (χ4v) is 3.36. The minimum atomic E-state index is -0.126. The molecule has 3 rings (SSSR count). The number of hydrogen-bond acceptors (Lipinski definition) is 5. The van der Waals surface area contributed by atoms with E-state index in [2.05, 4.69) is 15.5 Å². The zero-order chi connectivity index (χ0) is 19.4. The van der Waals surface area contributed by atoms with E-state index in [1.165, 1.54) is 11.8 Å². The molecule has 0 fully saturated rings. The fraction of sp³-hybridized carbons (Fsp3) is 0.211. The van der Waals surface area contributed by atoms with Crippen LogP contribution < -0.4 is 10.1 Å². The highest BCUT2D eigenvalue weighted by atomic mass is 35.5. The molecule has 0 aliphatic rings. The highest BCUT2D eigenvalue weighted by Gasteiger charge is 2.13. The molecular weight excluding hydrogens is 384 g/mol. The van der Waals surface area contributed by atoms with Gasteiger partial charge in [-0.25, -0.2) is 0 Å². The van der Waals surface area contributed by atoms with E-state index in [1.807, 2.05) is 48.9 Å². The number of halogens is 1. The van der Waals surface area contributed by atoms with Gasteiger partial charge < -0.3 is 14.6 Å². The summed E-state index contributed by atoms with van der Waals surface area (Å²) in [4.78, 5) is 12.3. The number of carbonyl (C=O) groups excluding carboxylic acids is 1. The second-order valence-corrected chi connectivity index (χ2v) is 7.27. The molecular formula is C19H19ClN4O2S. The van der Waals surface area contributed by atoms with Gasteiger partial charge in [0.05, 0.1) is 12.9 Å². The average Bonchev–Trinajstić information content (AvgIpc) is 3.03. The number of hydrogen-bond donors (Lipinski definition) is 1. The predicted octanol–water partition coefficient (Wildman–Crippen LogP) is 4.18. The number of anilines is 1. The van der Waals surface area contributed by atoms with E-state index in [0.717, 1.165) is 22.7 Å². The Bertz CT molecular complexity index is 957. The van der Waals surface area contributed by atoms with Crippen molar-refractivity contribution in [3.63, 3.8) is 0 Å². The number of nitrogens with zero attached hydrogens (tertiary/aromatic N) is 3. The van der Waals surface area contributed by atoms with Gasteiger partial charge >= 0.3 is 0 Å². The van der Waals surface area contributed by atoms with Gasteiger partial charge in [-0.05, 0) is 48.9 Å². The molecule has 0 aliphatic heterocycles. The number of benzene rings is 2. The van der Waals surface area contributed by atoms with Crippen LogP contribution in [0.5, 0.6) is 5.75 Å². The number of ether oxygens (including phenoxy) is 1. The van der Waals surface area contributed by atoms with Crippen molar-refractivity contribution in [2.24, 2.45) is 7.05 Å². The van der Waals surface area contributed by atoms with Gasteiger partial charge in [-0.2, -0.15) is 0 Å². The van der Waals surface area contributed by atoms with Crippen molar-refractivity contribution in [3.8, 4) is 17.1 Å². The van der Waals surface area contributed by atoms with Crippen LogP contribution in [0.2, 0.25) is 5.02 Å². The first-order valence-corrected chi connectivity index (χ1v) is 9.57. The van der Waals surface area contributed by atoms with Crippen LogP contribution in [-0.4, -0.2) is 33.5 Å². The number of thioether (sulfide) groups is 1. The second-order valence-electron chi connectivity index (χ2n) is 5.89. The zero-order valence-electron chi connectivity index (χ0n) is 15.2. The summed E-state index contributed by atoms with van der Waals surface area (Å²) in [5.74, 6) is 1.61. The molecule has 0 saturated heterocycles. The summed E-state index contributed by atoms with van der Waals surface area (Å²) in [6.45, 7) is 1.92. The number of aromatic nitrogens is 3. The van der Waals surface area contributed by atoms with Crippen molar-refractivity contribution in [2.45, 2.75) is 12.1 Å². The first-order chi connectivity index (χ1) is 13.0. The topological polar surface area (TPSA) is 69.0 Å². The van der Waals surface area contributed by atoms with E-state index < -0.39 is 0 Å². The Morgan fingerprint density at radius 2 is 1.96 bits per heavy atom. The van der Waals surface area contributed by atoms with Crippen molar-refractivity contribution < 1.29 is 9.53 Å². The normalized spacial score (nSPS) is 10.7. The Kier molecular flexibility index (Phi) is 6.03. The highest BCUT2D eigenvalue weighted by molar-refractivity contribution is 7.99. The van der Waals surface area contributed by atoms with E-state index in [0.29, 0.717) is 15.9 Å². The summed E-state index contributed by atoms with van der Waals surface area (Å²) in [5, 5.41) is 12.5. The Morgan fingerprint density at radius 3 is 2.67 bits per heavy atom. The second kappa shape index (κ2) is 8.45. The highest BCUT2D eigenvalue weighted by Crippen LogP contribution is 2.25. The Labute approximate surface area is 166 Å². The van der Waals surface area contributed by atoms with E-state index in [4.69, 9.17) is 16.3 Å². The lowest BCUT2D eigenvalue weighted by Crippen LogP contribution is -2.15. The predicted molar refractivity (Wildman–Crippen MR) is 109 cm³/mol. The van der Waals surface area contributed by atoms with Crippen molar-refractivity contribution in [3.05, 3.63) is 53.1 Å². The molecule has 1 heterocycles. The van der Waals surface area contributed by atoms with Gasteiger partial charge in [0.15, 0.2) is 11.0 Å². The largest absolute Gasteiger partial charge is 0.497 e. The molecule has 6 nitrogen and oxygen atoms in total. The van der Waals surface area contributed by atoms with E-state index in [-0.39, 0.29) is 11.7 Å². The molecule has 0 aliphatic carbocycles. The lowest BCUT2D eigenvalue weighted by atomic mass is 10.2. The number of amides is 1. The van der Waals surface area contributed by atoms with Crippen molar-refractivity contribution in [2.75, 3.05) is 18.2 Å². The van der Waals surface area contributed by atoms with Crippen molar-refractivity contribution in [1.82, 2.24) is 14.8 Å². The quantitative estimate of drug-likeness (QED) is 0.626. The molecule has 1 N–H and O–H groups in total. The van der Waals surface area contributed by atoms with Gasteiger partial charge in [0.2, 0.25) is 5.91 Å². The van der Waals surface area contributed by atoms with Gasteiger partial charge in [0, 0.05) is 23.3 Å². The third kappa shape index (κ3) is 4.61. The first kappa shape index (κ1) is 19.3. The number of carbonyl (C=O) groups is 1. The minimum absolute atomic E-state index is 0.126. The minimum Gasteiger partial charge on any atom is -0.497 e. The molecule has 0 unspecified atom stereocenters. The van der Waals surface area contributed by atoms with Gasteiger partial charge in [-0.1, -0.05) is 29.4 Å². The SMILES string of the molecule is COc1ccc(-c2nnc(SCC(=O)Nc3cc(Cl)ccc3C)n2C)cc1. The smallest absolute Gasteiger partial charge is 0.234 e. The van der Waals surface area contributed by atoms with E-state index in [1.54, 1.807) is 19.2 Å². The van der Waals surface area contributed by atoms with Gasteiger partial charge in [-0.15, -0.1) is 10.2 Å². The first-order valence-electron chi connectivity index (χ1n) is 8.20. The third-order valence-electron chi connectivity index (χ3n) is 3.99. The maximum absolute atomic E-state index is 12.3. The fourth-order valence-electron chi connectivity index (χ4n) is 2.48. The summed E-state index contributed by atoms with van der Waals surface area (Å²) in [6.07, 6.45) is 0. The molecule has 8 heteroatoms. The summed E-state index contributed by atoms with van der Waals surface area (Å²) < 4.78 is 7.04. The lowest BCUT2D eigenvalue weighted by molar-refractivity contribution is -0.113. The molecule has 0 spiro atoms. The monoisotopic (exact) mass is 402 g/mol. The number of rotatable bonds is 6. The Morgan fingerprint density at radius 1 is 1.22 bits per heavy atom. The zero-order valence-corrected chi connectivity index (χ0v) is 16.8. The molecule has 0 atom stereocenters. The standard InChI is InChI=1S/C19H19ClN4O2S/c1-12-4-7-14(20)10-16(12)21-17(25)11-27-19-23-22-18(24(19)2)13-5-8-15(26-3)9-6-13/h4-10H,11H2,1-3H3,(H,21,25). The van der Waals surface area contributed by atoms with Crippen molar-refractivity contribution in [1.29, 1.82) is 0 Å². The summed E-state index contributed by atoms with van der Waals surface area (Å²) in [6, 6.07) is 13.0. The van der Waals surface area contributed by atoms with Crippen LogP contribution in [0.3, 0.4) is 0 Å². The van der Waals surface area contributed by atoms with Crippen molar-refractivity contribution >= 4 is 35.0 Å². The van der Waals surface area contributed by atoms with Crippen LogP contribution in [0, 0.1) is 6.92 Å². The molecule has 0 radical (unpaired) electrons. The third-order valence-corrected chi connectivity index (χ3v) is 5.24.